The molecule has 1 saturated heterocycles. The second-order valence-electron chi connectivity index (χ2n) is 5.58. The van der Waals surface area contributed by atoms with Crippen LogP contribution < -0.4 is 36.5 Å². The summed E-state index contributed by atoms with van der Waals surface area (Å²) in [5.74, 6) is 0.494. The van der Waals surface area contributed by atoms with Gasteiger partial charge in [0.2, 0.25) is 5.91 Å². The van der Waals surface area contributed by atoms with Gasteiger partial charge in [-0.2, -0.15) is 5.53 Å². The highest BCUT2D eigenvalue weighted by molar-refractivity contribution is 5.96. The van der Waals surface area contributed by atoms with Gasteiger partial charge in [0.05, 0.1) is 14.2 Å². The van der Waals surface area contributed by atoms with E-state index in [1.165, 1.54) is 19.2 Å². The molecular weight excluding hydrogens is 341 g/mol. The van der Waals surface area contributed by atoms with E-state index in [0.717, 1.165) is 0 Å². The number of halogens is 1. The number of nitrogens with one attached hydrogen (secondary N) is 5. The maximum Gasteiger partial charge on any atom is 0.246 e. The molecule has 0 aliphatic carbocycles. The van der Waals surface area contributed by atoms with Crippen molar-refractivity contribution in [3.63, 3.8) is 0 Å². The first-order chi connectivity index (χ1) is 12.6. The highest BCUT2D eigenvalue weighted by atomic mass is 19.1. The Balaban J connectivity index is 1.67. The Labute approximate surface area is 150 Å². The number of rotatable bonds is 6. The van der Waals surface area contributed by atoms with Crippen molar-refractivity contribution in [1.82, 2.24) is 16.4 Å². The van der Waals surface area contributed by atoms with Crippen molar-refractivity contribution in [2.75, 3.05) is 24.9 Å². The third-order valence-electron chi connectivity index (χ3n) is 3.89. The van der Waals surface area contributed by atoms with Crippen molar-refractivity contribution >= 4 is 17.3 Å². The third-order valence-corrected chi connectivity index (χ3v) is 3.89. The summed E-state index contributed by atoms with van der Waals surface area (Å²) < 4.78 is 23.4. The molecule has 3 rings (SSSR count). The van der Waals surface area contributed by atoms with E-state index in [1.54, 1.807) is 37.4 Å². The second-order valence-corrected chi connectivity index (χ2v) is 5.58. The molecule has 0 saturated carbocycles. The number of hydrazine groups is 2. The molecule has 2 aromatic rings. The zero-order chi connectivity index (χ0) is 18.5. The third kappa shape index (κ3) is 4.02. The highest BCUT2D eigenvalue weighted by Crippen LogP contribution is 2.29. The Morgan fingerprint density at radius 1 is 1.00 bits per heavy atom. The van der Waals surface area contributed by atoms with Crippen LogP contribution in [0.15, 0.2) is 42.5 Å². The van der Waals surface area contributed by atoms with E-state index in [1.807, 2.05) is 0 Å². The largest absolute Gasteiger partial charge is 0.493 e. The first-order valence-corrected chi connectivity index (χ1v) is 7.92. The van der Waals surface area contributed by atoms with Crippen molar-refractivity contribution in [2.24, 2.45) is 0 Å². The lowest BCUT2D eigenvalue weighted by Crippen LogP contribution is -2.47. The number of anilines is 2. The van der Waals surface area contributed by atoms with Crippen molar-refractivity contribution < 1.29 is 18.7 Å². The van der Waals surface area contributed by atoms with Crippen molar-refractivity contribution in [3.8, 4) is 11.5 Å². The first kappa shape index (κ1) is 17.9. The molecule has 1 aliphatic heterocycles. The Kier molecular flexibility index (Phi) is 5.52. The number of carbonyl (C=O) groups is 1. The minimum Gasteiger partial charge on any atom is -0.493 e. The van der Waals surface area contributed by atoms with Crippen LogP contribution in [-0.2, 0) is 4.79 Å². The summed E-state index contributed by atoms with van der Waals surface area (Å²) >= 11 is 0. The predicted octanol–water partition coefficient (Wildman–Crippen LogP) is 1.20. The molecule has 0 bridgehead atoms. The summed E-state index contributed by atoms with van der Waals surface area (Å²) in [6, 6.07) is 10.4. The molecule has 9 heteroatoms. The van der Waals surface area contributed by atoms with Crippen molar-refractivity contribution in [1.29, 1.82) is 0 Å². The van der Waals surface area contributed by atoms with Crippen LogP contribution in [0.1, 0.15) is 0 Å². The SMILES string of the molecule is COc1ccc(NC(=O)C2NNNC2Nc2ccc(F)cc2)cc1OC. The van der Waals surface area contributed by atoms with E-state index < -0.39 is 12.2 Å². The minimum absolute atomic E-state index is 0.269. The molecule has 2 unspecified atom stereocenters. The van der Waals surface area contributed by atoms with E-state index in [4.69, 9.17) is 9.47 Å². The van der Waals surface area contributed by atoms with Crippen LogP contribution in [0.5, 0.6) is 11.5 Å². The Hall–Kier alpha value is -2.88. The first-order valence-electron chi connectivity index (χ1n) is 7.92. The molecule has 2 atom stereocenters. The van der Waals surface area contributed by atoms with Gasteiger partial charge >= 0.3 is 0 Å². The van der Waals surface area contributed by atoms with Gasteiger partial charge in [0.25, 0.3) is 0 Å². The maximum absolute atomic E-state index is 13.0. The number of methoxy groups -OCH3 is 2. The number of carbonyl (C=O) groups excluding carboxylic acids is 1. The van der Waals surface area contributed by atoms with Gasteiger partial charge in [0, 0.05) is 17.4 Å². The number of amides is 1. The lowest BCUT2D eigenvalue weighted by Gasteiger charge is -2.20. The molecule has 1 amide bonds. The van der Waals surface area contributed by atoms with Crippen LogP contribution in [0.4, 0.5) is 15.8 Å². The number of ether oxygens (including phenoxy) is 2. The van der Waals surface area contributed by atoms with Crippen LogP contribution in [0.3, 0.4) is 0 Å². The summed E-state index contributed by atoms with van der Waals surface area (Å²) in [5.41, 5.74) is 9.72. The molecular formula is C17H20FN5O3. The van der Waals surface area contributed by atoms with E-state index >= 15 is 0 Å². The molecule has 1 fully saturated rings. The molecule has 8 nitrogen and oxygen atoms in total. The summed E-state index contributed by atoms with van der Waals surface area (Å²) in [4.78, 5) is 12.6. The predicted molar refractivity (Wildman–Crippen MR) is 95.2 cm³/mol. The summed E-state index contributed by atoms with van der Waals surface area (Å²) in [6.07, 6.45) is -0.444. The normalized spacial score (nSPS) is 19.0. The summed E-state index contributed by atoms with van der Waals surface area (Å²) in [5, 5.41) is 5.94. The lowest BCUT2D eigenvalue weighted by atomic mass is 10.2. The van der Waals surface area contributed by atoms with Crippen molar-refractivity contribution in [2.45, 2.75) is 12.2 Å². The molecule has 138 valence electrons. The summed E-state index contributed by atoms with van der Waals surface area (Å²) in [6.45, 7) is 0. The average molecular weight is 361 g/mol. The quantitative estimate of drug-likeness (QED) is 0.528. The van der Waals surface area contributed by atoms with Gasteiger partial charge in [-0.25, -0.2) is 15.2 Å². The standard InChI is InChI=1S/C17H20FN5O3/c1-25-13-8-7-12(9-14(13)26-2)20-17(24)15-16(22-23-21-15)19-11-5-3-10(18)4-6-11/h3-9,15-16,19,21-23H,1-2H3,(H,20,24). The van der Waals surface area contributed by atoms with Gasteiger partial charge < -0.3 is 20.1 Å². The topological polar surface area (TPSA) is 95.7 Å². The fourth-order valence-electron chi connectivity index (χ4n) is 2.56. The van der Waals surface area contributed by atoms with Crippen LogP contribution in [0.2, 0.25) is 0 Å². The monoisotopic (exact) mass is 361 g/mol. The molecule has 0 aromatic heterocycles. The zero-order valence-electron chi connectivity index (χ0n) is 14.3. The van der Waals surface area contributed by atoms with Crippen LogP contribution in [0, 0.1) is 5.82 Å². The molecule has 0 spiro atoms. The molecule has 2 aromatic carbocycles. The number of hydrogen-bond donors (Lipinski definition) is 5. The molecule has 1 aliphatic rings. The van der Waals surface area contributed by atoms with E-state index in [0.29, 0.717) is 22.9 Å². The van der Waals surface area contributed by atoms with Crippen LogP contribution in [0.25, 0.3) is 0 Å². The lowest BCUT2D eigenvalue weighted by molar-refractivity contribution is -0.118. The van der Waals surface area contributed by atoms with Gasteiger partial charge in [0.15, 0.2) is 11.5 Å². The zero-order valence-corrected chi connectivity index (χ0v) is 14.3. The maximum atomic E-state index is 13.0. The van der Waals surface area contributed by atoms with Gasteiger partial charge in [-0.05, 0) is 36.4 Å². The highest BCUT2D eigenvalue weighted by Gasteiger charge is 2.32. The fourth-order valence-corrected chi connectivity index (χ4v) is 2.56. The second kappa shape index (κ2) is 8.00. The number of hydrogen-bond acceptors (Lipinski definition) is 7. The Morgan fingerprint density at radius 2 is 1.69 bits per heavy atom. The summed E-state index contributed by atoms with van der Waals surface area (Å²) in [7, 11) is 3.07. The van der Waals surface area contributed by atoms with Gasteiger partial charge in [0.1, 0.15) is 18.0 Å². The van der Waals surface area contributed by atoms with Crippen LogP contribution in [-0.4, -0.2) is 32.3 Å². The number of benzene rings is 2. The van der Waals surface area contributed by atoms with Crippen molar-refractivity contribution in [3.05, 3.63) is 48.3 Å². The fraction of sp³-hybridized carbons (Fsp3) is 0.235. The molecule has 5 N–H and O–H groups in total. The van der Waals surface area contributed by atoms with E-state index in [2.05, 4.69) is 27.0 Å². The van der Waals surface area contributed by atoms with E-state index in [-0.39, 0.29) is 11.7 Å². The van der Waals surface area contributed by atoms with Gasteiger partial charge in [-0.1, -0.05) is 0 Å². The molecule has 26 heavy (non-hydrogen) atoms. The Morgan fingerprint density at radius 3 is 2.38 bits per heavy atom. The van der Waals surface area contributed by atoms with E-state index in [9.17, 15) is 9.18 Å². The minimum atomic E-state index is -0.617. The van der Waals surface area contributed by atoms with Gasteiger partial charge in [-0.15, -0.1) is 0 Å². The molecule has 1 heterocycles. The Bertz CT molecular complexity index is 771. The molecule has 0 radical (unpaired) electrons. The smallest absolute Gasteiger partial charge is 0.246 e. The van der Waals surface area contributed by atoms with Crippen LogP contribution >= 0.6 is 0 Å². The average Bonchev–Trinajstić information content (AvgIpc) is 3.11. The van der Waals surface area contributed by atoms with Gasteiger partial charge in [-0.3, -0.25) is 4.79 Å².